The van der Waals surface area contributed by atoms with E-state index in [0.717, 1.165) is 29.0 Å². The average Bonchev–Trinajstić information content (AvgIpc) is 3.47. The predicted octanol–water partition coefficient (Wildman–Crippen LogP) is 2.99. The van der Waals surface area contributed by atoms with Crippen molar-refractivity contribution in [3.05, 3.63) is 40.6 Å². The maximum atomic E-state index is 12.2. The molecule has 1 fully saturated rings. The first-order valence-electron chi connectivity index (χ1n) is 9.40. The van der Waals surface area contributed by atoms with Crippen molar-refractivity contribution >= 4 is 27.6 Å². The summed E-state index contributed by atoms with van der Waals surface area (Å²) in [6.07, 6.45) is 4.20. The minimum atomic E-state index is -2.19. The highest BCUT2D eigenvalue weighted by Gasteiger charge is 2.24. The van der Waals surface area contributed by atoms with Crippen molar-refractivity contribution in [2.24, 2.45) is 17.3 Å². The zero-order valence-electron chi connectivity index (χ0n) is 16.9. The van der Waals surface area contributed by atoms with Crippen LogP contribution in [-0.4, -0.2) is 32.5 Å². The van der Waals surface area contributed by atoms with Gasteiger partial charge in [0.1, 0.15) is 17.0 Å². The first kappa shape index (κ1) is 19.7. The first-order valence-corrected chi connectivity index (χ1v) is 10.5. The SMILES string of the molecule is COc1cc(-c2cc(N=[SH](=O)OC)c3nc(C)n(CC4CC4)c3c2)cn(C)c1=O. The normalized spacial score (nSPS) is 15.2. The van der Waals surface area contributed by atoms with Gasteiger partial charge in [-0.05, 0) is 49.4 Å². The maximum absolute atomic E-state index is 12.2. The van der Waals surface area contributed by atoms with E-state index in [1.54, 1.807) is 19.3 Å². The molecule has 0 radical (unpaired) electrons. The van der Waals surface area contributed by atoms with Crippen LogP contribution in [0.2, 0.25) is 0 Å². The highest BCUT2D eigenvalue weighted by molar-refractivity contribution is 7.69. The third kappa shape index (κ3) is 3.79. The molecular weight excluding hydrogens is 392 g/mol. The largest absolute Gasteiger partial charge is 0.491 e. The van der Waals surface area contributed by atoms with Gasteiger partial charge < -0.3 is 13.9 Å². The Labute approximate surface area is 170 Å². The number of pyridine rings is 1. The number of nitrogens with zero attached hydrogens (tertiary/aromatic N) is 4. The lowest BCUT2D eigenvalue weighted by atomic mass is 10.1. The van der Waals surface area contributed by atoms with E-state index in [4.69, 9.17) is 8.92 Å². The molecule has 0 N–H and O–H groups in total. The van der Waals surface area contributed by atoms with Crippen LogP contribution in [0.25, 0.3) is 22.2 Å². The highest BCUT2D eigenvalue weighted by Crippen LogP contribution is 2.37. The molecular formula is C20H24N4O4S. The van der Waals surface area contributed by atoms with Crippen LogP contribution in [-0.2, 0) is 28.7 Å². The van der Waals surface area contributed by atoms with E-state index in [2.05, 4.69) is 13.9 Å². The van der Waals surface area contributed by atoms with Gasteiger partial charge in [-0.1, -0.05) is 0 Å². The second-order valence-electron chi connectivity index (χ2n) is 7.31. The van der Waals surface area contributed by atoms with Crippen LogP contribution in [0, 0.1) is 12.8 Å². The van der Waals surface area contributed by atoms with Gasteiger partial charge in [0, 0.05) is 25.4 Å². The second kappa shape index (κ2) is 7.64. The van der Waals surface area contributed by atoms with Crippen molar-refractivity contribution < 1.29 is 13.1 Å². The number of aryl methyl sites for hydroxylation is 2. The van der Waals surface area contributed by atoms with Gasteiger partial charge in [0.25, 0.3) is 5.56 Å². The summed E-state index contributed by atoms with van der Waals surface area (Å²) < 4.78 is 30.0. The summed E-state index contributed by atoms with van der Waals surface area (Å²) in [7, 11) is 2.33. The zero-order valence-corrected chi connectivity index (χ0v) is 17.8. The smallest absolute Gasteiger partial charge is 0.292 e. The number of thiol groups is 1. The van der Waals surface area contributed by atoms with Gasteiger partial charge >= 0.3 is 0 Å². The van der Waals surface area contributed by atoms with E-state index in [0.29, 0.717) is 17.1 Å². The predicted molar refractivity (Wildman–Crippen MR) is 113 cm³/mol. The van der Waals surface area contributed by atoms with Gasteiger partial charge in [-0.3, -0.25) is 8.98 Å². The molecule has 0 bridgehead atoms. The monoisotopic (exact) mass is 416 g/mol. The molecule has 2 heterocycles. The summed E-state index contributed by atoms with van der Waals surface area (Å²) in [5, 5.41) is 0. The molecule has 1 saturated carbocycles. The number of ether oxygens (including phenoxy) is 1. The third-order valence-electron chi connectivity index (χ3n) is 5.21. The standard InChI is InChI=1S/C20H24N4O4S/c1-12-21-19-16(22-29(26)28-4)7-14(8-17(19)24(12)10-13-5-6-13)15-9-18(27-3)20(25)23(2)11-15/h7-9,11,13,29H,5-6,10H2,1-4H3. The molecule has 0 spiro atoms. The Morgan fingerprint density at radius 3 is 2.66 bits per heavy atom. The Balaban J connectivity index is 1.98. The van der Waals surface area contributed by atoms with E-state index >= 15 is 0 Å². The number of aromatic nitrogens is 3. The fourth-order valence-corrected chi connectivity index (χ4v) is 3.88. The summed E-state index contributed by atoms with van der Waals surface area (Å²) >= 11 is 0. The van der Waals surface area contributed by atoms with Crippen molar-refractivity contribution in [3.8, 4) is 16.9 Å². The molecule has 1 unspecified atom stereocenters. The lowest BCUT2D eigenvalue weighted by Gasteiger charge is -2.11. The molecule has 0 saturated heterocycles. The number of benzene rings is 1. The van der Waals surface area contributed by atoms with E-state index in [9.17, 15) is 9.00 Å². The van der Waals surface area contributed by atoms with Gasteiger partial charge in [0.15, 0.2) is 16.6 Å². The summed E-state index contributed by atoms with van der Waals surface area (Å²) in [4.78, 5) is 16.9. The topological polar surface area (TPSA) is 87.7 Å². The number of methoxy groups -OCH3 is 1. The second-order valence-corrected chi connectivity index (χ2v) is 8.35. The molecule has 1 aromatic carbocycles. The van der Waals surface area contributed by atoms with Crippen molar-refractivity contribution in [1.29, 1.82) is 0 Å². The van der Waals surface area contributed by atoms with Crippen LogP contribution >= 0.6 is 0 Å². The molecule has 0 aliphatic heterocycles. The summed E-state index contributed by atoms with van der Waals surface area (Å²) in [5.74, 6) is 1.82. The average molecular weight is 417 g/mol. The van der Waals surface area contributed by atoms with E-state index < -0.39 is 10.9 Å². The van der Waals surface area contributed by atoms with Gasteiger partial charge in [0.05, 0.1) is 19.7 Å². The Morgan fingerprint density at radius 2 is 2.00 bits per heavy atom. The Morgan fingerprint density at radius 1 is 1.24 bits per heavy atom. The van der Waals surface area contributed by atoms with Gasteiger partial charge in [-0.2, -0.15) is 4.36 Å². The molecule has 4 rings (SSSR count). The maximum Gasteiger partial charge on any atom is 0.292 e. The number of fused-ring (bicyclic) bond motifs is 1. The molecule has 1 aliphatic rings. The Kier molecular flexibility index (Phi) is 5.18. The number of rotatable bonds is 6. The summed E-state index contributed by atoms with van der Waals surface area (Å²) in [6.45, 7) is 2.87. The van der Waals surface area contributed by atoms with Crippen LogP contribution in [0.4, 0.5) is 5.69 Å². The number of imidazole rings is 1. The summed E-state index contributed by atoms with van der Waals surface area (Å²) in [6, 6.07) is 5.57. The van der Waals surface area contributed by atoms with Gasteiger partial charge in [-0.25, -0.2) is 9.19 Å². The lowest BCUT2D eigenvalue weighted by molar-refractivity contribution is 0.405. The van der Waals surface area contributed by atoms with Crippen LogP contribution in [0.5, 0.6) is 5.75 Å². The Hall–Kier alpha value is -2.65. The fraction of sp³-hybridized carbons (Fsp3) is 0.400. The fourth-order valence-electron chi connectivity index (χ4n) is 3.47. The van der Waals surface area contributed by atoms with E-state index in [1.165, 1.54) is 31.6 Å². The molecule has 1 aliphatic carbocycles. The van der Waals surface area contributed by atoms with E-state index in [-0.39, 0.29) is 11.3 Å². The van der Waals surface area contributed by atoms with Crippen LogP contribution in [0.3, 0.4) is 0 Å². The van der Waals surface area contributed by atoms with Crippen LogP contribution in [0.15, 0.2) is 33.6 Å². The molecule has 154 valence electrons. The molecule has 2 aromatic heterocycles. The van der Waals surface area contributed by atoms with Crippen LogP contribution in [0.1, 0.15) is 18.7 Å². The van der Waals surface area contributed by atoms with Gasteiger partial charge in [0.2, 0.25) is 0 Å². The molecule has 29 heavy (non-hydrogen) atoms. The quantitative estimate of drug-likeness (QED) is 0.624. The highest BCUT2D eigenvalue weighted by atomic mass is 32.2. The Bertz CT molecular complexity index is 1230. The van der Waals surface area contributed by atoms with E-state index in [1.807, 2.05) is 19.1 Å². The van der Waals surface area contributed by atoms with Crippen molar-refractivity contribution in [3.63, 3.8) is 0 Å². The first-order chi connectivity index (χ1) is 13.9. The van der Waals surface area contributed by atoms with Crippen LogP contribution < -0.4 is 10.3 Å². The minimum Gasteiger partial charge on any atom is -0.491 e. The molecule has 9 heteroatoms. The lowest BCUT2D eigenvalue weighted by Crippen LogP contribution is -2.17. The minimum absolute atomic E-state index is 0.209. The number of hydrogen-bond acceptors (Lipinski definition) is 6. The molecule has 8 nitrogen and oxygen atoms in total. The molecule has 1 atom stereocenters. The van der Waals surface area contributed by atoms with Crippen molar-refractivity contribution in [1.82, 2.24) is 14.1 Å². The van der Waals surface area contributed by atoms with Gasteiger partial charge in [-0.15, -0.1) is 0 Å². The third-order valence-corrected chi connectivity index (χ3v) is 5.90. The summed E-state index contributed by atoms with van der Waals surface area (Å²) in [5.41, 5.74) is 3.56. The number of hydrogen-bond donors (Lipinski definition) is 1. The zero-order chi connectivity index (χ0) is 20.7. The molecule has 3 aromatic rings. The van der Waals surface area contributed by atoms with Crippen molar-refractivity contribution in [2.75, 3.05) is 14.2 Å². The molecule has 0 amide bonds. The van der Waals surface area contributed by atoms with Crippen molar-refractivity contribution in [2.45, 2.75) is 26.3 Å².